The predicted octanol–water partition coefficient (Wildman–Crippen LogP) is 3.61. The van der Waals surface area contributed by atoms with Crippen LogP contribution in [0.3, 0.4) is 0 Å². The van der Waals surface area contributed by atoms with Crippen LogP contribution in [0.15, 0.2) is 36.4 Å². The minimum Gasteiger partial charge on any atom is -0.353 e. The third-order valence-electron chi connectivity index (χ3n) is 3.11. The molecule has 18 heavy (non-hydrogen) atoms. The highest BCUT2D eigenvalue weighted by atomic mass is 16.1. The number of carbonyl (C=O) groups excluding carboxylic acids is 1. The molecule has 0 spiro atoms. The Morgan fingerprint density at radius 3 is 2.22 bits per heavy atom. The van der Waals surface area contributed by atoms with Gasteiger partial charge in [-0.05, 0) is 43.7 Å². The number of hydrogen-bond acceptors (Lipinski definition) is 2. The Bertz CT molecular complexity index is 647. The van der Waals surface area contributed by atoms with Crippen LogP contribution in [0.4, 0.5) is 17.1 Å². The summed E-state index contributed by atoms with van der Waals surface area (Å²) in [6.07, 6.45) is 0. The van der Waals surface area contributed by atoms with Gasteiger partial charge < -0.3 is 10.6 Å². The normalized spacial score (nSPS) is 12.9. The number of nitrogens with one attached hydrogen (secondary N) is 2. The lowest BCUT2D eigenvalue weighted by Crippen LogP contribution is -2.10. The van der Waals surface area contributed by atoms with Gasteiger partial charge in [0.2, 0.25) is 0 Å². The van der Waals surface area contributed by atoms with Gasteiger partial charge in [0.15, 0.2) is 0 Å². The first kappa shape index (κ1) is 10.8. The van der Waals surface area contributed by atoms with Crippen LogP contribution >= 0.6 is 0 Å². The summed E-state index contributed by atoms with van der Waals surface area (Å²) in [5, 5.41) is 6.25. The molecule has 2 aromatic carbocycles. The van der Waals surface area contributed by atoms with Gasteiger partial charge >= 0.3 is 0 Å². The lowest BCUT2D eigenvalue weighted by molar-refractivity contribution is 0.102. The number of rotatable bonds is 0. The minimum absolute atomic E-state index is 0.0659. The highest BCUT2D eigenvalue weighted by molar-refractivity contribution is 6.12. The Labute approximate surface area is 106 Å². The largest absolute Gasteiger partial charge is 0.353 e. The molecule has 1 aliphatic rings. The van der Waals surface area contributed by atoms with Crippen LogP contribution in [-0.4, -0.2) is 5.91 Å². The lowest BCUT2D eigenvalue weighted by Gasteiger charge is -2.09. The van der Waals surface area contributed by atoms with Gasteiger partial charge in [0.05, 0.1) is 22.6 Å². The first-order valence-corrected chi connectivity index (χ1v) is 5.93. The molecule has 3 heteroatoms. The van der Waals surface area contributed by atoms with Crippen LogP contribution in [0.1, 0.15) is 21.5 Å². The van der Waals surface area contributed by atoms with E-state index in [2.05, 4.69) is 10.6 Å². The fourth-order valence-electron chi connectivity index (χ4n) is 2.16. The van der Waals surface area contributed by atoms with Crippen molar-refractivity contribution in [1.29, 1.82) is 0 Å². The van der Waals surface area contributed by atoms with Crippen molar-refractivity contribution in [3.05, 3.63) is 53.1 Å². The van der Waals surface area contributed by atoms with Crippen molar-refractivity contribution < 1.29 is 4.79 Å². The zero-order valence-corrected chi connectivity index (χ0v) is 10.4. The Morgan fingerprint density at radius 2 is 1.44 bits per heavy atom. The number of anilines is 3. The van der Waals surface area contributed by atoms with Crippen molar-refractivity contribution in [2.24, 2.45) is 0 Å². The van der Waals surface area contributed by atoms with E-state index in [1.807, 2.05) is 50.2 Å². The molecule has 0 saturated carbocycles. The second kappa shape index (κ2) is 3.88. The van der Waals surface area contributed by atoms with Crippen molar-refractivity contribution in [2.45, 2.75) is 13.8 Å². The van der Waals surface area contributed by atoms with E-state index in [1.165, 1.54) is 0 Å². The van der Waals surface area contributed by atoms with Crippen molar-refractivity contribution in [3.8, 4) is 0 Å². The van der Waals surface area contributed by atoms with Crippen molar-refractivity contribution >= 4 is 23.0 Å². The van der Waals surface area contributed by atoms with Gasteiger partial charge in [-0.3, -0.25) is 4.79 Å². The monoisotopic (exact) mass is 238 g/mol. The minimum atomic E-state index is -0.0659. The second-order valence-corrected chi connectivity index (χ2v) is 4.68. The summed E-state index contributed by atoms with van der Waals surface area (Å²) in [5.41, 5.74) is 5.52. The zero-order chi connectivity index (χ0) is 12.7. The fourth-order valence-corrected chi connectivity index (χ4v) is 2.16. The Kier molecular flexibility index (Phi) is 2.33. The molecule has 0 aliphatic carbocycles. The molecule has 2 aromatic rings. The number of fused-ring (bicyclic) bond motifs is 2. The highest BCUT2D eigenvalue weighted by Crippen LogP contribution is 2.32. The second-order valence-electron chi connectivity index (χ2n) is 4.68. The summed E-state index contributed by atoms with van der Waals surface area (Å²) in [6.45, 7) is 4.01. The summed E-state index contributed by atoms with van der Waals surface area (Å²) in [5.74, 6) is -0.0659. The molecule has 0 bridgehead atoms. The van der Waals surface area contributed by atoms with Crippen molar-refractivity contribution in [1.82, 2.24) is 0 Å². The van der Waals surface area contributed by atoms with E-state index in [1.54, 1.807) is 0 Å². The maximum Gasteiger partial charge on any atom is 0.257 e. The number of benzene rings is 2. The molecule has 90 valence electrons. The standard InChI is InChI=1S/C15H14N2O/c1-9-3-5-12-11(7-9)15(18)17-13-6-4-10(2)8-14(13)16-12/h3-8,16H,1-2H3,(H,17,18). The van der Waals surface area contributed by atoms with Gasteiger partial charge in [-0.1, -0.05) is 17.7 Å². The maximum atomic E-state index is 12.2. The molecule has 0 aromatic heterocycles. The molecule has 0 radical (unpaired) electrons. The molecule has 0 unspecified atom stereocenters. The lowest BCUT2D eigenvalue weighted by atomic mass is 10.1. The van der Waals surface area contributed by atoms with E-state index < -0.39 is 0 Å². The molecule has 1 amide bonds. The molecule has 2 N–H and O–H groups in total. The van der Waals surface area contributed by atoms with E-state index >= 15 is 0 Å². The van der Waals surface area contributed by atoms with Gasteiger partial charge in [0.25, 0.3) is 5.91 Å². The SMILES string of the molecule is Cc1ccc2c(c1)Nc1ccc(C)cc1C(=O)N2. The van der Waals surface area contributed by atoms with E-state index in [9.17, 15) is 4.79 Å². The van der Waals surface area contributed by atoms with Gasteiger partial charge in [-0.25, -0.2) is 0 Å². The van der Waals surface area contributed by atoms with Crippen LogP contribution in [0, 0.1) is 13.8 Å². The molecule has 0 atom stereocenters. The number of carbonyl (C=O) groups is 1. The van der Waals surface area contributed by atoms with E-state index in [4.69, 9.17) is 0 Å². The van der Waals surface area contributed by atoms with Crippen LogP contribution < -0.4 is 10.6 Å². The van der Waals surface area contributed by atoms with Crippen LogP contribution in [0.5, 0.6) is 0 Å². The maximum absolute atomic E-state index is 12.2. The summed E-state index contributed by atoms with van der Waals surface area (Å²) in [4.78, 5) is 12.2. The van der Waals surface area contributed by atoms with Crippen LogP contribution in [0.25, 0.3) is 0 Å². The van der Waals surface area contributed by atoms with Crippen LogP contribution in [-0.2, 0) is 0 Å². The first-order chi connectivity index (χ1) is 8.63. The predicted molar refractivity (Wildman–Crippen MR) is 73.6 cm³/mol. The highest BCUT2D eigenvalue weighted by Gasteiger charge is 2.18. The quantitative estimate of drug-likeness (QED) is 0.736. The van der Waals surface area contributed by atoms with Gasteiger partial charge in [0.1, 0.15) is 0 Å². The molecular weight excluding hydrogens is 224 g/mol. The number of aryl methyl sites for hydroxylation is 2. The van der Waals surface area contributed by atoms with E-state index in [-0.39, 0.29) is 5.91 Å². The zero-order valence-electron chi connectivity index (χ0n) is 10.4. The molecule has 1 aliphatic heterocycles. The first-order valence-electron chi connectivity index (χ1n) is 5.93. The molecule has 1 heterocycles. The summed E-state index contributed by atoms with van der Waals surface area (Å²) >= 11 is 0. The van der Waals surface area contributed by atoms with Gasteiger partial charge in [0, 0.05) is 0 Å². The van der Waals surface area contributed by atoms with Crippen LogP contribution in [0.2, 0.25) is 0 Å². The molecule has 3 nitrogen and oxygen atoms in total. The fraction of sp³-hybridized carbons (Fsp3) is 0.133. The number of hydrogen-bond donors (Lipinski definition) is 2. The average Bonchev–Trinajstić information content (AvgIpc) is 2.46. The smallest absolute Gasteiger partial charge is 0.257 e. The van der Waals surface area contributed by atoms with Crippen molar-refractivity contribution in [2.75, 3.05) is 10.6 Å². The average molecular weight is 238 g/mol. The van der Waals surface area contributed by atoms with Crippen molar-refractivity contribution in [3.63, 3.8) is 0 Å². The molecular formula is C15H14N2O. The summed E-state index contributed by atoms with van der Waals surface area (Å²) < 4.78 is 0. The molecule has 3 rings (SSSR count). The Balaban J connectivity index is 2.17. The van der Waals surface area contributed by atoms with Gasteiger partial charge in [-0.2, -0.15) is 0 Å². The third-order valence-corrected chi connectivity index (χ3v) is 3.11. The summed E-state index contributed by atoms with van der Waals surface area (Å²) in [7, 11) is 0. The van der Waals surface area contributed by atoms with E-state index in [0.29, 0.717) is 5.56 Å². The molecule has 0 saturated heterocycles. The Morgan fingerprint density at radius 1 is 0.778 bits per heavy atom. The summed E-state index contributed by atoms with van der Waals surface area (Å²) in [6, 6.07) is 11.8. The van der Waals surface area contributed by atoms with E-state index in [0.717, 1.165) is 28.2 Å². The van der Waals surface area contributed by atoms with Gasteiger partial charge in [-0.15, -0.1) is 0 Å². The number of amides is 1. The topological polar surface area (TPSA) is 41.1 Å². The Hall–Kier alpha value is -2.29. The third kappa shape index (κ3) is 1.74. The molecule has 0 fully saturated rings.